The van der Waals surface area contributed by atoms with Crippen LogP contribution in [-0.4, -0.2) is 5.78 Å². The molecule has 0 aliphatic heterocycles. The lowest BCUT2D eigenvalue weighted by Gasteiger charge is -2.03. The first-order valence-corrected chi connectivity index (χ1v) is 4.45. The van der Waals surface area contributed by atoms with Crippen LogP contribution in [0.5, 0.6) is 0 Å². The molecular weight excluding hydrogens is 241 g/mol. The first-order valence-electron chi connectivity index (χ1n) is 3.28. The number of anilines is 1. The van der Waals surface area contributed by atoms with Crippen molar-refractivity contribution in [2.75, 3.05) is 5.73 Å². The van der Waals surface area contributed by atoms with Crippen LogP contribution in [-0.2, 0) is 0 Å². The van der Waals surface area contributed by atoms with Crippen molar-refractivity contribution in [1.82, 2.24) is 0 Å². The summed E-state index contributed by atoms with van der Waals surface area (Å²) in [6.07, 6.45) is 0. The standard InChI is InChI=1S/C8H7BrClNO/c1-4(12)5-2-7(10)8(11)3-6(5)9/h2-3H,11H2,1H3. The minimum atomic E-state index is -0.0382. The third-order valence-corrected chi connectivity index (χ3v) is 2.45. The molecule has 2 nitrogen and oxygen atoms in total. The molecule has 1 rings (SSSR count). The van der Waals surface area contributed by atoms with Gasteiger partial charge in [-0.1, -0.05) is 11.6 Å². The molecule has 0 radical (unpaired) electrons. The fourth-order valence-electron chi connectivity index (χ4n) is 0.832. The van der Waals surface area contributed by atoms with Gasteiger partial charge in [0.2, 0.25) is 0 Å². The summed E-state index contributed by atoms with van der Waals surface area (Å²) < 4.78 is 0.678. The molecule has 0 heterocycles. The summed E-state index contributed by atoms with van der Waals surface area (Å²) in [5.41, 5.74) is 6.53. The molecule has 0 unspecified atom stereocenters. The number of benzene rings is 1. The zero-order valence-electron chi connectivity index (χ0n) is 6.40. The van der Waals surface area contributed by atoms with Gasteiger partial charge in [0.05, 0.1) is 10.7 Å². The fourth-order valence-corrected chi connectivity index (χ4v) is 1.64. The Kier molecular flexibility index (Phi) is 2.75. The van der Waals surface area contributed by atoms with E-state index in [2.05, 4.69) is 15.9 Å². The van der Waals surface area contributed by atoms with Crippen molar-refractivity contribution in [3.8, 4) is 0 Å². The van der Waals surface area contributed by atoms with E-state index in [1.807, 2.05) is 0 Å². The third-order valence-electron chi connectivity index (χ3n) is 1.47. The molecule has 64 valence electrons. The SMILES string of the molecule is CC(=O)c1cc(Cl)c(N)cc1Br. The lowest BCUT2D eigenvalue weighted by Crippen LogP contribution is -1.96. The summed E-state index contributed by atoms with van der Waals surface area (Å²) in [6, 6.07) is 3.18. The van der Waals surface area contributed by atoms with Gasteiger partial charge < -0.3 is 5.73 Å². The van der Waals surface area contributed by atoms with Crippen LogP contribution in [0, 0.1) is 0 Å². The fraction of sp³-hybridized carbons (Fsp3) is 0.125. The van der Waals surface area contributed by atoms with E-state index in [1.165, 1.54) is 6.92 Å². The molecule has 0 spiro atoms. The van der Waals surface area contributed by atoms with Crippen LogP contribution in [0.25, 0.3) is 0 Å². The zero-order chi connectivity index (χ0) is 9.30. The Balaban J connectivity index is 3.33. The van der Waals surface area contributed by atoms with Crippen LogP contribution < -0.4 is 5.73 Å². The van der Waals surface area contributed by atoms with E-state index in [9.17, 15) is 4.79 Å². The number of carbonyl (C=O) groups excluding carboxylic acids is 1. The van der Waals surface area contributed by atoms with Gasteiger partial charge in [-0.05, 0) is 35.0 Å². The molecule has 2 N–H and O–H groups in total. The molecule has 0 bridgehead atoms. The van der Waals surface area contributed by atoms with Gasteiger partial charge in [0, 0.05) is 10.0 Å². The first kappa shape index (κ1) is 9.55. The second-order valence-electron chi connectivity index (χ2n) is 2.41. The highest BCUT2D eigenvalue weighted by Crippen LogP contribution is 2.27. The Hall–Kier alpha value is -0.540. The Labute approximate surface area is 83.8 Å². The average Bonchev–Trinajstić information content (AvgIpc) is 1.96. The quantitative estimate of drug-likeness (QED) is 0.613. The van der Waals surface area contributed by atoms with Crippen LogP contribution in [0.3, 0.4) is 0 Å². The monoisotopic (exact) mass is 247 g/mol. The Bertz CT molecular complexity index is 338. The summed E-state index contributed by atoms with van der Waals surface area (Å²) in [5.74, 6) is -0.0382. The largest absolute Gasteiger partial charge is 0.397 e. The number of hydrogen-bond acceptors (Lipinski definition) is 2. The van der Waals surface area contributed by atoms with Gasteiger partial charge in [-0.15, -0.1) is 0 Å². The second-order valence-corrected chi connectivity index (χ2v) is 3.67. The molecule has 0 saturated heterocycles. The van der Waals surface area contributed by atoms with Gasteiger partial charge in [-0.3, -0.25) is 4.79 Å². The van der Waals surface area contributed by atoms with Gasteiger partial charge in [-0.2, -0.15) is 0 Å². The van der Waals surface area contributed by atoms with Crippen LogP contribution in [0.1, 0.15) is 17.3 Å². The molecular formula is C8H7BrClNO. The van der Waals surface area contributed by atoms with Crippen molar-refractivity contribution in [3.63, 3.8) is 0 Å². The van der Waals surface area contributed by atoms with Crippen molar-refractivity contribution in [2.24, 2.45) is 0 Å². The number of Topliss-reactive ketones (excluding diaryl/α,β-unsaturated/α-hetero) is 1. The van der Waals surface area contributed by atoms with Crippen molar-refractivity contribution < 1.29 is 4.79 Å². The minimum absolute atomic E-state index is 0.0382. The zero-order valence-corrected chi connectivity index (χ0v) is 8.74. The summed E-state index contributed by atoms with van der Waals surface area (Å²) >= 11 is 8.95. The molecule has 0 atom stereocenters. The van der Waals surface area contributed by atoms with Gasteiger partial charge in [-0.25, -0.2) is 0 Å². The lowest BCUT2D eigenvalue weighted by molar-refractivity contribution is 0.101. The van der Waals surface area contributed by atoms with E-state index >= 15 is 0 Å². The molecule has 0 saturated carbocycles. The molecule has 1 aromatic carbocycles. The van der Waals surface area contributed by atoms with Crippen LogP contribution in [0.4, 0.5) is 5.69 Å². The topological polar surface area (TPSA) is 43.1 Å². The highest BCUT2D eigenvalue weighted by molar-refractivity contribution is 9.10. The maximum atomic E-state index is 11.0. The number of nitrogen functional groups attached to an aromatic ring is 1. The maximum Gasteiger partial charge on any atom is 0.160 e. The number of rotatable bonds is 1. The van der Waals surface area contributed by atoms with E-state index in [0.29, 0.717) is 20.7 Å². The summed E-state index contributed by atoms with van der Waals surface area (Å²) in [5, 5.41) is 0.406. The predicted octanol–water partition coefficient (Wildman–Crippen LogP) is 2.89. The molecule has 12 heavy (non-hydrogen) atoms. The Morgan fingerprint density at radius 2 is 2.17 bits per heavy atom. The maximum absolute atomic E-state index is 11.0. The molecule has 1 aromatic rings. The van der Waals surface area contributed by atoms with Crippen LogP contribution in [0.2, 0.25) is 5.02 Å². The van der Waals surface area contributed by atoms with E-state index < -0.39 is 0 Å². The summed E-state index contributed by atoms with van der Waals surface area (Å²) in [6.45, 7) is 1.48. The normalized spacial score (nSPS) is 9.92. The lowest BCUT2D eigenvalue weighted by atomic mass is 10.1. The van der Waals surface area contributed by atoms with E-state index in [1.54, 1.807) is 12.1 Å². The number of ketones is 1. The number of carbonyl (C=O) groups is 1. The first-order chi connectivity index (χ1) is 5.52. The number of nitrogens with two attached hydrogens (primary N) is 1. The second kappa shape index (κ2) is 3.46. The molecule has 0 aliphatic rings. The van der Waals surface area contributed by atoms with Crippen molar-refractivity contribution in [1.29, 1.82) is 0 Å². The van der Waals surface area contributed by atoms with Crippen molar-refractivity contribution >= 4 is 39.0 Å². The average molecular weight is 249 g/mol. The van der Waals surface area contributed by atoms with Crippen LogP contribution >= 0.6 is 27.5 Å². The van der Waals surface area contributed by atoms with Gasteiger partial charge in [0.1, 0.15) is 0 Å². The van der Waals surface area contributed by atoms with Crippen molar-refractivity contribution in [2.45, 2.75) is 6.92 Å². The molecule has 0 fully saturated rings. The van der Waals surface area contributed by atoms with E-state index in [4.69, 9.17) is 17.3 Å². The van der Waals surface area contributed by atoms with Gasteiger partial charge >= 0.3 is 0 Å². The molecule has 0 aromatic heterocycles. The Morgan fingerprint density at radius 3 is 2.67 bits per heavy atom. The highest BCUT2D eigenvalue weighted by Gasteiger charge is 2.07. The smallest absolute Gasteiger partial charge is 0.160 e. The third kappa shape index (κ3) is 1.79. The minimum Gasteiger partial charge on any atom is -0.397 e. The summed E-state index contributed by atoms with van der Waals surface area (Å²) in [4.78, 5) is 11.0. The van der Waals surface area contributed by atoms with E-state index in [-0.39, 0.29) is 5.78 Å². The van der Waals surface area contributed by atoms with Crippen LogP contribution in [0.15, 0.2) is 16.6 Å². The predicted molar refractivity (Wildman–Crippen MR) is 53.6 cm³/mol. The Morgan fingerprint density at radius 1 is 1.58 bits per heavy atom. The number of hydrogen-bond donors (Lipinski definition) is 1. The number of halogens is 2. The van der Waals surface area contributed by atoms with Crippen molar-refractivity contribution in [3.05, 3.63) is 27.2 Å². The molecule has 4 heteroatoms. The molecule has 0 aliphatic carbocycles. The van der Waals surface area contributed by atoms with E-state index in [0.717, 1.165) is 0 Å². The highest BCUT2D eigenvalue weighted by atomic mass is 79.9. The van der Waals surface area contributed by atoms with Gasteiger partial charge in [0.15, 0.2) is 5.78 Å². The summed E-state index contributed by atoms with van der Waals surface area (Å²) in [7, 11) is 0. The molecule has 0 amide bonds. The van der Waals surface area contributed by atoms with Gasteiger partial charge in [0.25, 0.3) is 0 Å².